The van der Waals surface area contributed by atoms with Gasteiger partial charge < -0.3 is 5.32 Å². The van der Waals surface area contributed by atoms with Crippen LogP contribution in [-0.4, -0.2) is 17.4 Å². The van der Waals surface area contributed by atoms with E-state index in [0.29, 0.717) is 0 Å². The average Bonchev–Trinajstić information content (AvgIpc) is 3.33. The summed E-state index contributed by atoms with van der Waals surface area (Å²) in [6, 6.07) is 7.94. The Bertz CT molecular complexity index is 817. The van der Waals surface area contributed by atoms with Crippen LogP contribution in [0.25, 0.3) is 10.2 Å². The first kappa shape index (κ1) is 14.8. The molecule has 0 saturated heterocycles. The van der Waals surface area contributed by atoms with Crippen molar-refractivity contribution in [2.24, 2.45) is 0 Å². The molecule has 3 aromatic rings. The van der Waals surface area contributed by atoms with Crippen molar-refractivity contribution in [3.63, 3.8) is 0 Å². The van der Waals surface area contributed by atoms with Gasteiger partial charge >= 0.3 is 0 Å². The molecule has 1 amide bonds. The van der Waals surface area contributed by atoms with Gasteiger partial charge in [0.05, 0.1) is 15.7 Å². The van der Waals surface area contributed by atoms with Gasteiger partial charge in [-0.3, -0.25) is 4.79 Å². The van der Waals surface area contributed by atoms with Gasteiger partial charge in [-0.2, -0.15) is 11.3 Å². The number of fused-ring (bicyclic) bond motifs is 1. The Morgan fingerprint density at radius 2 is 2.13 bits per heavy atom. The van der Waals surface area contributed by atoms with Crippen LogP contribution >= 0.6 is 22.7 Å². The number of hydrogen-bond acceptors (Lipinski definition) is 4. The monoisotopic (exact) mass is 342 g/mol. The van der Waals surface area contributed by atoms with E-state index in [0.717, 1.165) is 35.2 Å². The highest BCUT2D eigenvalue weighted by Crippen LogP contribution is 2.41. The van der Waals surface area contributed by atoms with E-state index in [2.05, 4.69) is 27.1 Å². The van der Waals surface area contributed by atoms with E-state index in [1.165, 1.54) is 18.4 Å². The molecule has 4 rings (SSSR count). The molecule has 23 heavy (non-hydrogen) atoms. The standard InChI is InChI=1S/C18H18N2OS2/c21-17(13-3-4-15-16(9-13)23-12-20-15)19-11-18(6-1-2-7-18)14-5-8-22-10-14/h3-5,8-10,12H,1-2,6-7,11H2,(H,19,21). The second kappa shape index (κ2) is 6.06. The molecule has 0 spiro atoms. The lowest BCUT2D eigenvalue weighted by atomic mass is 9.80. The third-order valence-corrected chi connectivity index (χ3v) is 6.35. The van der Waals surface area contributed by atoms with Crippen molar-refractivity contribution in [3.05, 3.63) is 51.7 Å². The molecule has 0 aliphatic heterocycles. The summed E-state index contributed by atoms with van der Waals surface area (Å²) in [4.78, 5) is 16.8. The number of rotatable bonds is 4. The molecule has 118 valence electrons. The Morgan fingerprint density at radius 3 is 2.91 bits per heavy atom. The Morgan fingerprint density at radius 1 is 1.26 bits per heavy atom. The van der Waals surface area contributed by atoms with Gasteiger partial charge in [0.2, 0.25) is 0 Å². The molecule has 0 bridgehead atoms. The quantitative estimate of drug-likeness (QED) is 0.753. The van der Waals surface area contributed by atoms with Crippen LogP contribution in [-0.2, 0) is 5.41 Å². The number of aromatic nitrogens is 1. The van der Waals surface area contributed by atoms with E-state index < -0.39 is 0 Å². The van der Waals surface area contributed by atoms with E-state index in [1.807, 2.05) is 23.7 Å². The lowest BCUT2D eigenvalue weighted by molar-refractivity contribution is 0.0943. The minimum absolute atomic E-state index is 0.0156. The molecular weight excluding hydrogens is 324 g/mol. The van der Waals surface area contributed by atoms with E-state index in [-0.39, 0.29) is 11.3 Å². The van der Waals surface area contributed by atoms with Crippen LogP contribution in [0.5, 0.6) is 0 Å². The Hall–Kier alpha value is -1.72. The molecule has 1 aliphatic carbocycles. The predicted molar refractivity (Wildman–Crippen MR) is 96.4 cm³/mol. The van der Waals surface area contributed by atoms with Gasteiger partial charge in [-0.1, -0.05) is 12.8 Å². The van der Waals surface area contributed by atoms with Crippen molar-refractivity contribution in [1.82, 2.24) is 10.3 Å². The number of nitrogens with one attached hydrogen (secondary N) is 1. The fourth-order valence-electron chi connectivity index (χ4n) is 3.53. The number of thiazole rings is 1. The van der Waals surface area contributed by atoms with Crippen molar-refractivity contribution < 1.29 is 4.79 Å². The van der Waals surface area contributed by atoms with Crippen LogP contribution in [0.3, 0.4) is 0 Å². The summed E-state index contributed by atoms with van der Waals surface area (Å²) in [5.74, 6) is 0.0156. The van der Waals surface area contributed by atoms with Crippen LogP contribution in [0.1, 0.15) is 41.6 Å². The lowest BCUT2D eigenvalue weighted by Crippen LogP contribution is -2.38. The second-order valence-electron chi connectivity index (χ2n) is 6.22. The normalized spacial score (nSPS) is 16.7. The highest BCUT2D eigenvalue weighted by atomic mass is 32.1. The molecule has 2 aromatic heterocycles. The third kappa shape index (κ3) is 2.79. The molecule has 0 radical (unpaired) electrons. The van der Waals surface area contributed by atoms with Gasteiger partial charge in [0.15, 0.2) is 0 Å². The molecule has 5 heteroatoms. The molecule has 1 N–H and O–H groups in total. The lowest BCUT2D eigenvalue weighted by Gasteiger charge is -2.28. The fraction of sp³-hybridized carbons (Fsp3) is 0.333. The summed E-state index contributed by atoms with van der Waals surface area (Å²) < 4.78 is 1.06. The summed E-state index contributed by atoms with van der Waals surface area (Å²) in [5.41, 5.74) is 5.01. The largest absolute Gasteiger partial charge is 0.351 e. The van der Waals surface area contributed by atoms with Crippen LogP contribution < -0.4 is 5.32 Å². The highest BCUT2D eigenvalue weighted by molar-refractivity contribution is 7.16. The zero-order valence-electron chi connectivity index (χ0n) is 12.7. The highest BCUT2D eigenvalue weighted by Gasteiger charge is 2.36. The first-order valence-electron chi connectivity index (χ1n) is 7.91. The summed E-state index contributed by atoms with van der Waals surface area (Å²) in [6.07, 6.45) is 4.83. The van der Waals surface area contributed by atoms with Crippen LogP contribution in [0.2, 0.25) is 0 Å². The van der Waals surface area contributed by atoms with Gasteiger partial charge in [-0.15, -0.1) is 11.3 Å². The number of benzene rings is 1. The van der Waals surface area contributed by atoms with Gasteiger partial charge in [-0.25, -0.2) is 4.98 Å². The predicted octanol–water partition coefficient (Wildman–Crippen LogP) is 4.60. The van der Waals surface area contributed by atoms with Crippen LogP contribution in [0.4, 0.5) is 0 Å². The maximum atomic E-state index is 12.6. The minimum atomic E-state index is 0.0156. The molecule has 0 unspecified atom stereocenters. The van der Waals surface area contributed by atoms with Gasteiger partial charge in [0, 0.05) is 17.5 Å². The van der Waals surface area contributed by atoms with E-state index in [1.54, 1.807) is 22.7 Å². The SMILES string of the molecule is O=C(NCC1(c2ccsc2)CCCC1)c1ccc2ncsc2c1. The maximum Gasteiger partial charge on any atom is 0.251 e. The van der Waals surface area contributed by atoms with Gasteiger partial charge in [-0.05, 0) is 53.4 Å². The van der Waals surface area contributed by atoms with Crippen molar-refractivity contribution in [2.75, 3.05) is 6.54 Å². The van der Waals surface area contributed by atoms with Crippen molar-refractivity contribution in [1.29, 1.82) is 0 Å². The summed E-state index contributed by atoms with van der Waals surface area (Å²) >= 11 is 3.31. The smallest absolute Gasteiger partial charge is 0.251 e. The molecule has 0 atom stereocenters. The van der Waals surface area contributed by atoms with Crippen LogP contribution in [0, 0.1) is 0 Å². The molecule has 1 aromatic carbocycles. The van der Waals surface area contributed by atoms with E-state index in [4.69, 9.17) is 0 Å². The van der Waals surface area contributed by atoms with Crippen molar-refractivity contribution in [2.45, 2.75) is 31.1 Å². The van der Waals surface area contributed by atoms with Gasteiger partial charge in [0.1, 0.15) is 0 Å². The summed E-state index contributed by atoms with van der Waals surface area (Å²) in [7, 11) is 0. The molecule has 1 aliphatic rings. The summed E-state index contributed by atoms with van der Waals surface area (Å²) in [5, 5.41) is 7.55. The first-order valence-corrected chi connectivity index (χ1v) is 9.73. The maximum absolute atomic E-state index is 12.6. The third-order valence-electron chi connectivity index (χ3n) is 4.88. The van der Waals surface area contributed by atoms with Crippen molar-refractivity contribution in [3.8, 4) is 0 Å². The molecule has 1 saturated carbocycles. The van der Waals surface area contributed by atoms with Crippen LogP contribution in [0.15, 0.2) is 40.5 Å². The first-order chi connectivity index (χ1) is 11.3. The Kier molecular flexibility index (Phi) is 3.91. The number of thiophene rings is 1. The molecule has 2 heterocycles. The summed E-state index contributed by atoms with van der Waals surface area (Å²) in [6.45, 7) is 0.725. The fourth-order valence-corrected chi connectivity index (χ4v) is 5.03. The molecule has 1 fully saturated rings. The number of hydrogen-bond donors (Lipinski definition) is 1. The Balaban J connectivity index is 1.52. The second-order valence-corrected chi connectivity index (χ2v) is 7.88. The number of amides is 1. The van der Waals surface area contributed by atoms with Gasteiger partial charge in [0.25, 0.3) is 5.91 Å². The molecule has 3 nitrogen and oxygen atoms in total. The van der Waals surface area contributed by atoms with E-state index >= 15 is 0 Å². The zero-order valence-corrected chi connectivity index (χ0v) is 14.4. The van der Waals surface area contributed by atoms with E-state index in [9.17, 15) is 4.79 Å². The topological polar surface area (TPSA) is 42.0 Å². The number of carbonyl (C=O) groups is 1. The molecular formula is C18H18N2OS2. The number of carbonyl (C=O) groups excluding carboxylic acids is 1. The zero-order chi connectivity index (χ0) is 15.7. The Labute approximate surface area is 143 Å². The van der Waals surface area contributed by atoms with Crippen molar-refractivity contribution >= 4 is 38.8 Å². The minimum Gasteiger partial charge on any atom is -0.351 e. The average molecular weight is 342 g/mol. The number of nitrogens with zero attached hydrogens (tertiary/aromatic N) is 1.